The van der Waals surface area contributed by atoms with E-state index in [4.69, 9.17) is 5.11 Å². The predicted molar refractivity (Wildman–Crippen MR) is 67.7 cm³/mol. The molecule has 4 nitrogen and oxygen atoms in total. The largest absolute Gasteiger partial charge is 0.395 e. The van der Waals surface area contributed by atoms with E-state index in [-0.39, 0.29) is 6.61 Å². The number of rotatable bonds is 3. The molecule has 2 heterocycles. The van der Waals surface area contributed by atoms with Crippen molar-refractivity contribution in [3.63, 3.8) is 0 Å². The van der Waals surface area contributed by atoms with E-state index < -0.39 is 0 Å². The minimum absolute atomic E-state index is 0.243. The number of halogens is 1. The van der Waals surface area contributed by atoms with E-state index >= 15 is 0 Å². The molecule has 0 amide bonds. The van der Waals surface area contributed by atoms with E-state index in [9.17, 15) is 0 Å². The van der Waals surface area contributed by atoms with Gasteiger partial charge in [-0.2, -0.15) is 0 Å². The molecule has 1 aromatic rings. The number of pyridine rings is 1. The van der Waals surface area contributed by atoms with Crippen LogP contribution in [-0.2, 0) is 0 Å². The van der Waals surface area contributed by atoms with Crippen molar-refractivity contribution < 1.29 is 5.11 Å². The number of aromatic nitrogens is 1. The van der Waals surface area contributed by atoms with Crippen LogP contribution < -0.4 is 4.90 Å². The van der Waals surface area contributed by atoms with Gasteiger partial charge in [0.25, 0.3) is 0 Å². The molecule has 0 bridgehead atoms. The molecule has 1 N–H and O–H groups in total. The van der Waals surface area contributed by atoms with Gasteiger partial charge in [-0.3, -0.25) is 4.90 Å². The van der Waals surface area contributed by atoms with Gasteiger partial charge >= 0.3 is 0 Å². The molecule has 1 aliphatic heterocycles. The summed E-state index contributed by atoms with van der Waals surface area (Å²) in [5, 5.41) is 8.87. The van der Waals surface area contributed by atoms with Gasteiger partial charge in [0.05, 0.1) is 11.1 Å². The first-order valence-electron chi connectivity index (χ1n) is 5.50. The molecule has 1 aromatic heterocycles. The molecule has 5 heteroatoms. The summed E-state index contributed by atoms with van der Waals surface area (Å²) in [4.78, 5) is 8.93. The number of β-amino-alcohol motifs (C(OH)–C–C–N with tert-alkyl or cyclic N) is 1. The van der Waals surface area contributed by atoms with Gasteiger partial charge < -0.3 is 10.0 Å². The van der Waals surface area contributed by atoms with Gasteiger partial charge in [-0.15, -0.1) is 0 Å². The zero-order valence-corrected chi connectivity index (χ0v) is 10.7. The summed E-state index contributed by atoms with van der Waals surface area (Å²) in [7, 11) is 0. The molecule has 1 aliphatic rings. The van der Waals surface area contributed by atoms with E-state index in [1.54, 1.807) is 0 Å². The molecule has 0 atom stereocenters. The van der Waals surface area contributed by atoms with Crippen LogP contribution in [0.2, 0.25) is 0 Å². The van der Waals surface area contributed by atoms with Crippen LogP contribution >= 0.6 is 15.9 Å². The van der Waals surface area contributed by atoms with Crippen molar-refractivity contribution in [2.45, 2.75) is 0 Å². The van der Waals surface area contributed by atoms with E-state index in [1.807, 2.05) is 18.3 Å². The predicted octanol–water partition coefficient (Wildman–Crippen LogP) is 0.958. The first kappa shape index (κ1) is 11.8. The third-order valence-corrected chi connectivity index (χ3v) is 3.45. The Morgan fingerprint density at radius 1 is 1.31 bits per heavy atom. The molecule has 0 aromatic carbocycles. The van der Waals surface area contributed by atoms with Crippen molar-refractivity contribution in [2.75, 3.05) is 44.2 Å². The summed E-state index contributed by atoms with van der Waals surface area (Å²) in [6, 6.07) is 3.94. The number of hydrogen-bond donors (Lipinski definition) is 1. The molecule has 16 heavy (non-hydrogen) atoms. The minimum Gasteiger partial charge on any atom is -0.395 e. The molecule has 1 fully saturated rings. The Morgan fingerprint density at radius 2 is 2.06 bits per heavy atom. The highest BCUT2D eigenvalue weighted by Gasteiger charge is 2.18. The lowest BCUT2D eigenvalue weighted by Gasteiger charge is -2.35. The minimum atomic E-state index is 0.243. The molecule has 0 unspecified atom stereocenters. The van der Waals surface area contributed by atoms with E-state index in [0.29, 0.717) is 0 Å². The van der Waals surface area contributed by atoms with Crippen LogP contribution in [0.15, 0.2) is 22.8 Å². The smallest absolute Gasteiger partial charge is 0.142 e. The Morgan fingerprint density at radius 3 is 2.69 bits per heavy atom. The lowest BCUT2D eigenvalue weighted by molar-refractivity contribution is 0.188. The maximum absolute atomic E-state index is 8.87. The second-order valence-corrected chi connectivity index (χ2v) is 4.72. The number of hydrogen-bond acceptors (Lipinski definition) is 4. The van der Waals surface area contributed by atoms with Crippen molar-refractivity contribution >= 4 is 21.7 Å². The lowest BCUT2D eigenvalue weighted by Crippen LogP contribution is -2.47. The molecule has 0 radical (unpaired) electrons. The first-order chi connectivity index (χ1) is 7.81. The zero-order chi connectivity index (χ0) is 11.4. The van der Waals surface area contributed by atoms with Crippen molar-refractivity contribution in [2.24, 2.45) is 0 Å². The van der Waals surface area contributed by atoms with Crippen LogP contribution in [0, 0.1) is 0 Å². The van der Waals surface area contributed by atoms with Crippen LogP contribution in [0.25, 0.3) is 0 Å². The van der Waals surface area contributed by atoms with Crippen LogP contribution in [0.1, 0.15) is 0 Å². The maximum atomic E-state index is 8.87. The van der Waals surface area contributed by atoms with Crippen LogP contribution in [0.5, 0.6) is 0 Å². The third-order valence-electron chi connectivity index (χ3n) is 2.83. The molecule has 1 saturated heterocycles. The SMILES string of the molecule is OCCN1CCN(c2ncccc2Br)CC1. The standard InChI is InChI=1S/C11H16BrN3O/c12-10-2-1-3-13-11(10)15-6-4-14(5-7-15)8-9-16/h1-3,16H,4-9H2. The Hall–Kier alpha value is -0.650. The van der Waals surface area contributed by atoms with Crippen molar-refractivity contribution in [1.29, 1.82) is 0 Å². The van der Waals surface area contributed by atoms with E-state index in [1.165, 1.54) is 0 Å². The van der Waals surface area contributed by atoms with Crippen LogP contribution in [-0.4, -0.2) is 54.3 Å². The van der Waals surface area contributed by atoms with Crippen molar-refractivity contribution in [3.8, 4) is 0 Å². The van der Waals surface area contributed by atoms with Gasteiger partial charge in [0.2, 0.25) is 0 Å². The van der Waals surface area contributed by atoms with Gasteiger partial charge in [0.1, 0.15) is 5.82 Å². The number of aliphatic hydroxyl groups excluding tert-OH is 1. The average Bonchev–Trinajstić information content (AvgIpc) is 2.31. The van der Waals surface area contributed by atoms with Crippen LogP contribution in [0.4, 0.5) is 5.82 Å². The number of nitrogens with zero attached hydrogens (tertiary/aromatic N) is 3. The summed E-state index contributed by atoms with van der Waals surface area (Å²) in [5.41, 5.74) is 0. The van der Waals surface area contributed by atoms with Gasteiger partial charge in [0, 0.05) is 38.9 Å². The summed E-state index contributed by atoms with van der Waals surface area (Å²) in [6.07, 6.45) is 1.82. The van der Waals surface area contributed by atoms with Gasteiger partial charge in [-0.05, 0) is 28.1 Å². The second kappa shape index (κ2) is 5.61. The summed E-state index contributed by atoms with van der Waals surface area (Å²) < 4.78 is 1.05. The maximum Gasteiger partial charge on any atom is 0.142 e. The summed E-state index contributed by atoms with van der Waals surface area (Å²) >= 11 is 3.52. The molecule has 88 valence electrons. The van der Waals surface area contributed by atoms with Crippen LogP contribution in [0.3, 0.4) is 0 Å². The topological polar surface area (TPSA) is 39.6 Å². The van der Waals surface area contributed by atoms with Crippen molar-refractivity contribution in [1.82, 2.24) is 9.88 Å². The Labute approximate surface area is 104 Å². The fourth-order valence-electron chi connectivity index (χ4n) is 1.93. The van der Waals surface area contributed by atoms with E-state index in [2.05, 4.69) is 30.7 Å². The molecule has 0 aliphatic carbocycles. The third kappa shape index (κ3) is 2.72. The number of piperazine rings is 1. The molecular formula is C11H16BrN3O. The average molecular weight is 286 g/mol. The highest BCUT2D eigenvalue weighted by Crippen LogP contribution is 2.23. The fourth-order valence-corrected chi connectivity index (χ4v) is 2.44. The Balaban J connectivity index is 1.96. The molecular weight excluding hydrogens is 270 g/mol. The van der Waals surface area contributed by atoms with E-state index in [0.717, 1.165) is 43.0 Å². The highest BCUT2D eigenvalue weighted by molar-refractivity contribution is 9.10. The number of anilines is 1. The summed E-state index contributed by atoms with van der Waals surface area (Å²) in [6.45, 7) is 4.93. The molecule has 2 rings (SSSR count). The highest BCUT2D eigenvalue weighted by atomic mass is 79.9. The quantitative estimate of drug-likeness (QED) is 0.898. The summed E-state index contributed by atoms with van der Waals surface area (Å²) in [5.74, 6) is 1.02. The van der Waals surface area contributed by atoms with Crippen molar-refractivity contribution in [3.05, 3.63) is 22.8 Å². The second-order valence-electron chi connectivity index (χ2n) is 3.86. The fraction of sp³-hybridized carbons (Fsp3) is 0.545. The van der Waals surface area contributed by atoms with Gasteiger partial charge in [-0.25, -0.2) is 4.98 Å². The number of aliphatic hydroxyl groups is 1. The zero-order valence-electron chi connectivity index (χ0n) is 9.14. The monoisotopic (exact) mass is 285 g/mol. The first-order valence-corrected chi connectivity index (χ1v) is 6.29. The Kier molecular flexibility index (Phi) is 4.15. The Bertz CT molecular complexity index is 340. The normalized spacial score (nSPS) is 17.8. The molecule has 0 spiro atoms. The van der Waals surface area contributed by atoms with Gasteiger partial charge in [0.15, 0.2) is 0 Å². The molecule has 0 saturated carbocycles. The lowest BCUT2D eigenvalue weighted by atomic mass is 10.3. The van der Waals surface area contributed by atoms with Gasteiger partial charge in [-0.1, -0.05) is 0 Å².